The molecule has 11 heavy (non-hydrogen) atoms. The maximum atomic E-state index is 10.2. The number of nitrogens with one attached hydrogen (secondary N) is 1. The van der Waals surface area contributed by atoms with Gasteiger partial charge in [-0.15, -0.1) is 0 Å². The number of amides is 1. The van der Waals surface area contributed by atoms with E-state index in [2.05, 4.69) is 9.97 Å². The first-order valence-corrected chi connectivity index (χ1v) is 3.38. The molecule has 0 aliphatic rings. The Morgan fingerprint density at radius 1 is 1.82 bits per heavy atom. The quantitative estimate of drug-likeness (QED) is 0.635. The molecule has 0 radical (unpaired) electrons. The molecule has 0 atom stereocenters. The van der Waals surface area contributed by atoms with Gasteiger partial charge in [0.15, 0.2) is 0 Å². The first-order valence-electron chi connectivity index (χ1n) is 3.38. The second-order valence-electron chi connectivity index (χ2n) is 2.49. The second-order valence-corrected chi connectivity index (χ2v) is 2.49. The molecule has 1 aromatic rings. The fraction of sp³-hybridized carbons (Fsp3) is 0.429. The molecule has 4 nitrogen and oxygen atoms in total. The van der Waals surface area contributed by atoms with Crippen molar-refractivity contribution in [2.24, 2.45) is 0 Å². The average molecular weight is 153 g/mol. The predicted molar refractivity (Wildman–Crippen MR) is 40.9 cm³/mol. The molecular formula is C7H11N3O. The van der Waals surface area contributed by atoms with Crippen LogP contribution in [0.2, 0.25) is 0 Å². The number of imidazole rings is 1. The van der Waals surface area contributed by atoms with Crippen LogP contribution in [0.5, 0.6) is 0 Å². The Morgan fingerprint density at radius 3 is 3.00 bits per heavy atom. The first-order chi connectivity index (χ1) is 5.24. The Hall–Kier alpha value is -1.32. The lowest BCUT2D eigenvalue weighted by Crippen LogP contribution is -2.15. The van der Waals surface area contributed by atoms with Gasteiger partial charge in [-0.1, -0.05) is 0 Å². The van der Waals surface area contributed by atoms with E-state index in [0.29, 0.717) is 6.54 Å². The maximum absolute atomic E-state index is 10.2. The van der Waals surface area contributed by atoms with Crippen molar-refractivity contribution >= 4 is 6.41 Å². The van der Waals surface area contributed by atoms with Crippen LogP contribution in [-0.4, -0.2) is 28.3 Å². The summed E-state index contributed by atoms with van der Waals surface area (Å²) >= 11 is 0. The normalized spacial score (nSPS) is 9.64. The van der Waals surface area contributed by atoms with E-state index in [-0.39, 0.29) is 0 Å². The molecule has 0 fully saturated rings. The van der Waals surface area contributed by atoms with Gasteiger partial charge >= 0.3 is 0 Å². The van der Waals surface area contributed by atoms with Gasteiger partial charge in [-0.25, -0.2) is 4.98 Å². The average Bonchev–Trinajstić information content (AvgIpc) is 2.37. The monoisotopic (exact) mass is 153 g/mol. The van der Waals surface area contributed by atoms with E-state index in [1.165, 1.54) is 0 Å². The van der Waals surface area contributed by atoms with Gasteiger partial charge in [0.2, 0.25) is 6.41 Å². The Morgan fingerprint density at radius 2 is 2.55 bits per heavy atom. The van der Waals surface area contributed by atoms with Crippen molar-refractivity contribution in [3.8, 4) is 0 Å². The highest BCUT2D eigenvalue weighted by atomic mass is 16.1. The number of carbonyl (C=O) groups is 1. The topological polar surface area (TPSA) is 49.0 Å². The number of nitrogens with zero attached hydrogens (tertiary/aromatic N) is 2. The van der Waals surface area contributed by atoms with Crippen molar-refractivity contribution in [3.05, 3.63) is 17.7 Å². The van der Waals surface area contributed by atoms with Gasteiger partial charge in [0.25, 0.3) is 0 Å². The summed E-state index contributed by atoms with van der Waals surface area (Å²) in [7, 11) is 1.72. The summed E-state index contributed by atoms with van der Waals surface area (Å²) in [6, 6.07) is 0. The number of carbonyl (C=O) groups excluding carboxylic acids is 1. The lowest BCUT2D eigenvalue weighted by Gasteiger charge is -2.07. The lowest BCUT2D eigenvalue weighted by atomic mass is 10.3. The summed E-state index contributed by atoms with van der Waals surface area (Å²) in [5.74, 6) is 0. The van der Waals surface area contributed by atoms with E-state index < -0.39 is 0 Å². The van der Waals surface area contributed by atoms with E-state index in [0.717, 1.165) is 17.8 Å². The highest BCUT2D eigenvalue weighted by Gasteiger charge is 2.02. The van der Waals surface area contributed by atoms with Crippen LogP contribution in [0.4, 0.5) is 0 Å². The molecule has 0 bridgehead atoms. The summed E-state index contributed by atoms with van der Waals surface area (Å²) in [6.07, 6.45) is 2.41. The number of aromatic nitrogens is 2. The highest BCUT2D eigenvalue weighted by Crippen LogP contribution is 2.01. The fourth-order valence-electron chi connectivity index (χ4n) is 0.820. The van der Waals surface area contributed by atoms with Crippen molar-refractivity contribution in [1.82, 2.24) is 14.9 Å². The minimum atomic E-state index is 0.568. The third-order valence-electron chi connectivity index (χ3n) is 1.51. The molecule has 0 spiro atoms. The predicted octanol–water partition coefficient (Wildman–Crippen LogP) is 0.306. The molecule has 60 valence electrons. The number of hydrogen-bond donors (Lipinski definition) is 1. The molecule has 0 saturated heterocycles. The first kappa shape index (κ1) is 7.78. The minimum Gasteiger partial charge on any atom is -0.348 e. The van der Waals surface area contributed by atoms with Crippen molar-refractivity contribution in [3.63, 3.8) is 0 Å². The van der Waals surface area contributed by atoms with E-state index in [9.17, 15) is 4.79 Å². The van der Waals surface area contributed by atoms with E-state index in [4.69, 9.17) is 0 Å². The zero-order chi connectivity index (χ0) is 8.27. The molecule has 0 aliphatic heterocycles. The maximum Gasteiger partial charge on any atom is 0.209 e. The summed E-state index contributed by atoms with van der Waals surface area (Å²) in [5.41, 5.74) is 1.93. The zero-order valence-corrected chi connectivity index (χ0v) is 6.66. The van der Waals surface area contributed by atoms with Gasteiger partial charge in [-0.05, 0) is 6.92 Å². The lowest BCUT2D eigenvalue weighted by molar-refractivity contribution is -0.117. The molecule has 0 aliphatic carbocycles. The summed E-state index contributed by atoms with van der Waals surface area (Å²) in [5, 5.41) is 0. The van der Waals surface area contributed by atoms with Crippen LogP contribution in [-0.2, 0) is 11.3 Å². The summed E-state index contributed by atoms with van der Waals surface area (Å²) in [6.45, 7) is 2.50. The van der Waals surface area contributed by atoms with Crippen LogP contribution >= 0.6 is 0 Å². The molecule has 1 amide bonds. The van der Waals surface area contributed by atoms with Gasteiger partial charge in [-0.2, -0.15) is 0 Å². The number of aromatic amines is 1. The number of rotatable bonds is 3. The van der Waals surface area contributed by atoms with Crippen LogP contribution in [0.25, 0.3) is 0 Å². The fourth-order valence-corrected chi connectivity index (χ4v) is 0.820. The summed E-state index contributed by atoms with van der Waals surface area (Å²) < 4.78 is 0. The van der Waals surface area contributed by atoms with Gasteiger partial charge < -0.3 is 9.88 Å². The standard InChI is InChI=1S/C7H11N3O/c1-6-7(9-4-8-6)3-10(2)5-11/h4-5H,3H2,1-2H3,(H,8,9). The van der Waals surface area contributed by atoms with Gasteiger partial charge in [0, 0.05) is 12.7 Å². The summed E-state index contributed by atoms with van der Waals surface area (Å²) in [4.78, 5) is 18.8. The SMILES string of the molecule is Cc1[nH]cnc1CN(C)C=O. The Balaban J connectivity index is 2.63. The second kappa shape index (κ2) is 3.18. The molecule has 0 aromatic carbocycles. The van der Waals surface area contributed by atoms with Crippen LogP contribution in [0.15, 0.2) is 6.33 Å². The van der Waals surface area contributed by atoms with Crippen LogP contribution < -0.4 is 0 Å². The molecule has 1 aromatic heterocycles. The molecule has 1 rings (SSSR count). The van der Waals surface area contributed by atoms with Crippen molar-refractivity contribution < 1.29 is 4.79 Å². The number of hydrogen-bond acceptors (Lipinski definition) is 2. The van der Waals surface area contributed by atoms with Gasteiger partial charge in [0.05, 0.1) is 18.6 Å². The smallest absolute Gasteiger partial charge is 0.209 e. The molecule has 1 heterocycles. The van der Waals surface area contributed by atoms with Crippen LogP contribution in [0.1, 0.15) is 11.4 Å². The number of aryl methyl sites for hydroxylation is 1. The zero-order valence-electron chi connectivity index (χ0n) is 6.66. The molecule has 1 N–H and O–H groups in total. The molecule has 0 saturated carbocycles. The third kappa shape index (κ3) is 1.80. The highest BCUT2D eigenvalue weighted by molar-refractivity contribution is 5.46. The van der Waals surface area contributed by atoms with E-state index in [1.807, 2.05) is 6.92 Å². The van der Waals surface area contributed by atoms with E-state index in [1.54, 1.807) is 18.3 Å². The third-order valence-corrected chi connectivity index (χ3v) is 1.51. The van der Waals surface area contributed by atoms with Crippen LogP contribution in [0, 0.1) is 6.92 Å². The number of H-pyrrole nitrogens is 1. The Labute approximate surface area is 65.2 Å². The van der Waals surface area contributed by atoms with Gasteiger partial charge in [-0.3, -0.25) is 4.79 Å². The van der Waals surface area contributed by atoms with Crippen molar-refractivity contribution in [2.75, 3.05) is 7.05 Å². The Kier molecular flexibility index (Phi) is 2.25. The molecule has 4 heteroatoms. The van der Waals surface area contributed by atoms with E-state index >= 15 is 0 Å². The minimum absolute atomic E-state index is 0.568. The molecular weight excluding hydrogens is 142 g/mol. The van der Waals surface area contributed by atoms with Crippen molar-refractivity contribution in [1.29, 1.82) is 0 Å². The van der Waals surface area contributed by atoms with Crippen LogP contribution in [0.3, 0.4) is 0 Å². The van der Waals surface area contributed by atoms with Gasteiger partial charge in [0.1, 0.15) is 0 Å². The molecule has 0 unspecified atom stereocenters. The largest absolute Gasteiger partial charge is 0.348 e. The Bertz CT molecular complexity index is 244. The van der Waals surface area contributed by atoms with Crippen molar-refractivity contribution in [2.45, 2.75) is 13.5 Å².